The number of aliphatic hydroxyl groups is 1. The van der Waals surface area contributed by atoms with E-state index in [-0.39, 0.29) is 13.2 Å². The summed E-state index contributed by atoms with van der Waals surface area (Å²) in [7, 11) is 0. The first kappa shape index (κ1) is 16.8. The maximum atomic E-state index is 12.0. The van der Waals surface area contributed by atoms with Crippen molar-refractivity contribution in [3.8, 4) is 0 Å². The number of hydrogen-bond acceptors (Lipinski definition) is 5. The zero-order valence-corrected chi connectivity index (χ0v) is 13.8. The molecular formula is C16H21ClN2O3. The summed E-state index contributed by atoms with van der Waals surface area (Å²) in [5.41, 5.74) is -1.06. The number of aliphatic imine (C=N–C) groups is 1. The van der Waals surface area contributed by atoms with E-state index in [1.807, 2.05) is 17.0 Å². The topological polar surface area (TPSA) is 62.1 Å². The Labute approximate surface area is 135 Å². The van der Waals surface area contributed by atoms with Crippen molar-refractivity contribution in [2.24, 2.45) is 10.9 Å². The van der Waals surface area contributed by atoms with Crippen LogP contribution in [0.5, 0.6) is 0 Å². The number of nitrogens with zero attached hydrogens (tertiary/aromatic N) is 2. The van der Waals surface area contributed by atoms with E-state index in [0.717, 1.165) is 5.69 Å². The van der Waals surface area contributed by atoms with Gasteiger partial charge < -0.3 is 14.7 Å². The molecule has 0 saturated heterocycles. The summed E-state index contributed by atoms with van der Waals surface area (Å²) >= 11 is 6.04. The van der Waals surface area contributed by atoms with Crippen molar-refractivity contribution in [3.63, 3.8) is 0 Å². The van der Waals surface area contributed by atoms with Gasteiger partial charge in [-0.25, -0.2) is 9.79 Å². The van der Waals surface area contributed by atoms with Crippen LogP contribution < -0.4 is 4.90 Å². The van der Waals surface area contributed by atoms with Crippen LogP contribution >= 0.6 is 11.6 Å². The number of carbonyl (C=O) groups excluding carboxylic acids is 1. The van der Waals surface area contributed by atoms with Crippen molar-refractivity contribution in [2.45, 2.75) is 32.9 Å². The number of halogens is 1. The molecule has 0 aromatic heterocycles. The van der Waals surface area contributed by atoms with E-state index in [2.05, 4.69) is 18.8 Å². The number of carbonyl (C=O) groups is 1. The van der Waals surface area contributed by atoms with Crippen LogP contribution in [0, 0.1) is 5.92 Å². The van der Waals surface area contributed by atoms with Gasteiger partial charge in [0.15, 0.2) is 0 Å². The van der Waals surface area contributed by atoms with E-state index in [1.54, 1.807) is 19.1 Å². The molecule has 1 heterocycles. The average molecular weight is 325 g/mol. The number of rotatable bonds is 5. The molecule has 0 radical (unpaired) electrons. The molecule has 6 heteroatoms. The highest BCUT2D eigenvalue weighted by Crippen LogP contribution is 2.30. The van der Waals surface area contributed by atoms with Crippen molar-refractivity contribution in [1.29, 1.82) is 0 Å². The second-order valence-corrected chi connectivity index (χ2v) is 6.17. The Morgan fingerprint density at radius 2 is 2.27 bits per heavy atom. The molecule has 1 aliphatic rings. The van der Waals surface area contributed by atoms with E-state index in [0.29, 0.717) is 23.2 Å². The monoisotopic (exact) mass is 324 g/mol. The second kappa shape index (κ2) is 6.67. The molecule has 5 nitrogen and oxygen atoms in total. The Morgan fingerprint density at radius 3 is 2.86 bits per heavy atom. The number of esters is 1. The normalized spacial score (nSPS) is 21.2. The van der Waals surface area contributed by atoms with Gasteiger partial charge in [-0.2, -0.15) is 0 Å². The third kappa shape index (κ3) is 3.59. The summed E-state index contributed by atoms with van der Waals surface area (Å²) in [6, 6.07) is 7.26. The predicted octanol–water partition coefficient (Wildman–Crippen LogP) is 2.86. The summed E-state index contributed by atoms with van der Waals surface area (Å²) in [5.74, 6) is 0.276. The van der Waals surface area contributed by atoms with Gasteiger partial charge in [-0.15, -0.1) is 0 Å². The highest BCUT2D eigenvalue weighted by molar-refractivity contribution is 6.31. The van der Waals surface area contributed by atoms with Gasteiger partial charge in [0.1, 0.15) is 5.84 Å². The Kier molecular flexibility index (Phi) is 5.08. The zero-order chi connectivity index (χ0) is 16.3. The Bertz CT molecular complexity index is 589. The zero-order valence-electron chi connectivity index (χ0n) is 13.0. The molecular weight excluding hydrogens is 304 g/mol. The molecule has 1 unspecified atom stereocenters. The van der Waals surface area contributed by atoms with Gasteiger partial charge in [0.2, 0.25) is 0 Å². The van der Waals surface area contributed by atoms with Crippen LogP contribution in [0.2, 0.25) is 5.02 Å². The van der Waals surface area contributed by atoms with Crippen molar-refractivity contribution in [3.05, 3.63) is 29.3 Å². The molecule has 1 atom stereocenters. The van der Waals surface area contributed by atoms with Gasteiger partial charge in [0.05, 0.1) is 13.2 Å². The summed E-state index contributed by atoms with van der Waals surface area (Å²) < 4.78 is 4.94. The van der Waals surface area contributed by atoms with Crippen LogP contribution in [-0.4, -0.2) is 35.8 Å². The number of hydrogen-bond donors (Lipinski definition) is 1. The molecule has 0 spiro atoms. The standard InChI is InChI=1S/C16H21ClN2O3/c1-4-22-15(20)16(21)10-19(14(18-16)8-11(2)3)13-7-5-6-12(17)9-13/h5-7,9,11,21H,4,8,10H2,1-3H3. The van der Waals surface area contributed by atoms with Gasteiger partial charge in [-0.1, -0.05) is 31.5 Å². The molecule has 1 aliphatic heterocycles. The first-order valence-corrected chi connectivity index (χ1v) is 7.75. The van der Waals surface area contributed by atoms with Crippen LogP contribution in [0.25, 0.3) is 0 Å². The molecule has 1 aromatic rings. The van der Waals surface area contributed by atoms with Crippen molar-refractivity contribution in [2.75, 3.05) is 18.1 Å². The summed E-state index contributed by atoms with van der Waals surface area (Å²) in [6.45, 7) is 6.05. The minimum atomic E-state index is -1.86. The minimum absolute atomic E-state index is 0.0359. The fraction of sp³-hybridized carbons (Fsp3) is 0.500. The number of ether oxygens (including phenoxy) is 1. The first-order valence-electron chi connectivity index (χ1n) is 7.37. The van der Waals surface area contributed by atoms with Crippen LogP contribution in [0.3, 0.4) is 0 Å². The molecule has 0 aliphatic carbocycles. The van der Waals surface area contributed by atoms with Crippen LogP contribution in [0.4, 0.5) is 5.69 Å². The van der Waals surface area contributed by atoms with Gasteiger partial charge in [0, 0.05) is 17.1 Å². The lowest BCUT2D eigenvalue weighted by molar-refractivity contribution is -0.162. The van der Waals surface area contributed by atoms with E-state index in [9.17, 15) is 9.90 Å². The fourth-order valence-electron chi connectivity index (χ4n) is 2.38. The Morgan fingerprint density at radius 1 is 1.55 bits per heavy atom. The lowest BCUT2D eigenvalue weighted by Gasteiger charge is -2.23. The summed E-state index contributed by atoms with van der Waals surface area (Å²) in [4.78, 5) is 18.1. The van der Waals surface area contributed by atoms with Crippen LogP contribution in [0.15, 0.2) is 29.3 Å². The fourth-order valence-corrected chi connectivity index (χ4v) is 2.57. The molecule has 0 fully saturated rings. The SMILES string of the molecule is CCOC(=O)C1(O)CN(c2cccc(Cl)c2)C(CC(C)C)=N1. The lowest BCUT2D eigenvalue weighted by atomic mass is 10.1. The van der Waals surface area contributed by atoms with E-state index in [4.69, 9.17) is 16.3 Å². The molecule has 0 bridgehead atoms. The largest absolute Gasteiger partial charge is 0.462 e. The van der Waals surface area contributed by atoms with Gasteiger partial charge >= 0.3 is 5.97 Å². The smallest absolute Gasteiger partial charge is 0.363 e. The van der Waals surface area contributed by atoms with E-state index in [1.165, 1.54) is 0 Å². The number of amidine groups is 1. The third-order valence-corrected chi connectivity index (χ3v) is 3.55. The molecule has 1 N–H and O–H groups in total. The Balaban J connectivity index is 2.34. The molecule has 22 heavy (non-hydrogen) atoms. The predicted molar refractivity (Wildman–Crippen MR) is 87.3 cm³/mol. The van der Waals surface area contributed by atoms with Gasteiger partial charge in [-0.3, -0.25) is 0 Å². The summed E-state index contributed by atoms with van der Waals surface area (Å²) in [6.07, 6.45) is 0.647. The van der Waals surface area contributed by atoms with Gasteiger partial charge in [0.25, 0.3) is 5.72 Å². The quantitative estimate of drug-likeness (QED) is 0.846. The molecule has 0 amide bonds. The maximum Gasteiger partial charge on any atom is 0.363 e. The van der Waals surface area contributed by atoms with Crippen molar-refractivity contribution >= 4 is 29.1 Å². The average Bonchev–Trinajstić information content (AvgIpc) is 2.77. The van der Waals surface area contributed by atoms with E-state index >= 15 is 0 Å². The Hall–Kier alpha value is -1.59. The number of anilines is 1. The number of benzene rings is 1. The highest BCUT2D eigenvalue weighted by Gasteiger charge is 2.46. The maximum absolute atomic E-state index is 12.0. The number of β-amino-alcohol motifs (C(OH)–C–C–N with tert-alkyl or cyclic N) is 1. The minimum Gasteiger partial charge on any atom is -0.462 e. The second-order valence-electron chi connectivity index (χ2n) is 5.73. The van der Waals surface area contributed by atoms with Crippen molar-refractivity contribution in [1.82, 2.24) is 0 Å². The first-order chi connectivity index (χ1) is 10.4. The molecule has 2 rings (SSSR count). The molecule has 1 aromatic carbocycles. The van der Waals surface area contributed by atoms with Crippen LogP contribution in [-0.2, 0) is 9.53 Å². The van der Waals surface area contributed by atoms with Crippen LogP contribution in [0.1, 0.15) is 27.2 Å². The van der Waals surface area contributed by atoms with Crippen molar-refractivity contribution < 1.29 is 14.6 Å². The van der Waals surface area contributed by atoms with Gasteiger partial charge in [-0.05, 0) is 31.0 Å². The third-order valence-electron chi connectivity index (χ3n) is 3.32. The molecule has 0 saturated carbocycles. The molecule has 120 valence electrons. The van der Waals surface area contributed by atoms with E-state index < -0.39 is 11.7 Å². The highest BCUT2D eigenvalue weighted by atomic mass is 35.5. The summed E-state index contributed by atoms with van der Waals surface area (Å²) in [5, 5.41) is 11.1. The lowest BCUT2D eigenvalue weighted by Crippen LogP contribution is -2.43.